The molecule has 0 aliphatic carbocycles. The standard InChI is InChI=1S/C28H43F3O4/c29-28(30,31)35-26-21-20-24(22-25(26)23-32)18-16-14-12-10-8-6-4-2-1-3-5-7-9-11-13-15-17-19-27(33)34/h20-23H,1-19H2,(H,33,34). The zero-order chi connectivity index (χ0) is 25.8. The zero-order valence-corrected chi connectivity index (χ0v) is 21.1. The highest BCUT2D eigenvalue weighted by atomic mass is 19.4. The lowest BCUT2D eigenvalue weighted by molar-refractivity contribution is -0.274. The monoisotopic (exact) mass is 500 g/mol. The molecule has 200 valence electrons. The lowest BCUT2D eigenvalue weighted by Gasteiger charge is -2.11. The average Bonchev–Trinajstić information content (AvgIpc) is 2.80. The van der Waals surface area contributed by atoms with Crippen molar-refractivity contribution in [3.63, 3.8) is 0 Å². The molecule has 0 saturated heterocycles. The van der Waals surface area contributed by atoms with Crippen LogP contribution in [-0.4, -0.2) is 23.7 Å². The van der Waals surface area contributed by atoms with Crippen LogP contribution in [-0.2, 0) is 11.2 Å². The maximum absolute atomic E-state index is 12.4. The Hall–Kier alpha value is -2.05. The number of benzene rings is 1. The second-order valence-electron chi connectivity index (χ2n) is 9.44. The smallest absolute Gasteiger partial charge is 0.481 e. The third-order valence-corrected chi connectivity index (χ3v) is 6.28. The number of rotatable bonds is 22. The number of carbonyl (C=O) groups excluding carboxylic acids is 1. The first-order valence-electron chi connectivity index (χ1n) is 13.4. The summed E-state index contributed by atoms with van der Waals surface area (Å²) in [5.74, 6) is -1.14. The molecule has 4 nitrogen and oxygen atoms in total. The van der Waals surface area contributed by atoms with Crippen molar-refractivity contribution in [1.82, 2.24) is 0 Å². The number of halogens is 3. The molecule has 0 atom stereocenters. The third-order valence-electron chi connectivity index (χ3n) is 6.28. The predicted molar refractivity (Wildman–Crippen MR) is 133 cm³/mol. The molecule has 1 N–H and O–H groups in total. The van der Waals surface area contributed by atoms with E-state index in [1.54, 1.807) is 6.07 Å². The van der Waals surface area contributed by atoms with Gasteiger partial charge in [0.1, 0.15) is 5.75 Å². The van der Waals surface area contributed by atoms with E-state index >= 15 is 0 Å². The summed E-state index contributed by atoms with van der Waals surface area (Å²) >= 11 is 0. The molecular formula is C28H43F3O4. The van der Waals surface area contributed by atoms with E-state index < -0.39 is 18.1 Å². The van der Waals surface area contributed by atoms with Gasteiger partial charge in [-0.15, -0.1) is 13.2 Å². The summed E-state index contributed by atoms with van der Waals surface area (Å²) in [6.45, 7) is 0. The Morgan fingerprint density at radius 2 is 1.17 bits per heavy atom. The second-order valence-corrected chi connectivity index (χ2v) is 9.44. The molecule has 35 heavy (non-hydrogen) atoms. The fourth-order valence-corrected chi connectivity index (χ4v) is 4.32. The van der Waals surface area contributed by atoms with E-state index in [0.717, 1.165) is 50.5 Å². The summed E-state index contributed by atoms with van der Waals surface area (Å²) in [7, 11) is 0. The van der Waals surface area contributed by atoms with E-state index in [2.05, 4.69) is 4.74 Å². The minimum absolute atomic E-state index is 0.0650. The highest BCUT2D eigenvalue weighted by Crippen LogP contribution is 2.27. The maximum Gasteiger partial charge on any atom is 0.573 e. The molecule has 1 aromatic carbocycles. The number of carbonyl (C=O) groups is 2. The van der Waals surface area contributed by atoms with Crippen molar-refractivity contribution in [2.24, 2.45) is 0 Å². The molecule has 0 fully saturated rings. The van der Waals surface area contributed by atoms with Crippen LogP contribution in [0.5, 0.6) is 5.75 Å². The number of aldehydes is 1. The van der Waals surface area contributed by atoms with Gasteiger partial charge in [0.05, 0.1) is 5.56 Å². The number of unbranched alkanes of at least 4 members (excludes halogenated alkanes) is 16. The van der Waals surface area contributed by atoms with Crippen molar-refractivity contribution in [3.05, 3.63) is 29.3 Å². The molecule has 0 aromatic heterocycles. The van der Waals surface area contributed by atoms with Gasteiger partial charge in [0.15, 0.2) is 6.29 Å². The summed E-state index contributed by atoms with van der Waals surface area (Å²) in [6.07, 6.45) is 16.9. The Labute approximate surface area is 208 Å². The molecule has 1 aromatic rings. The fourth-order valence-electron chi connectivity index (χ4n) is 4.32. The molecule has 0 spiro atoms. The Balaban J connectivity index is 1.90. The van der Waals surface area contributed by atoms with Gasteiger partial charge in [-0.2, -0.15) is 0 Å². The Morgan fingerprint density at radius 3 is 1.57 bits per heavy atom. The first kappa shape index (κ1) is 31.0. The Bertz CT molecular complexity index is 704. The van der Waals surface area contributed by atoms with E-state index in [-0.39, 0.29) is 5.56 Å². The lowest BCUT2D eigenvalue weighted by Crippen LogP contribution is -2.18. The summed E-state index contributed by atoms with van der Waals surface area (Å²) in [5, 5.41) is 8.59. The van der Waals surface area contributed by atoms with Gasteiger partial charge in [-0.05, 0) is 37.0 Å². The van der Waals surface area contributed by atoms with Crippen molar-refractivity contribution >= 4 is 12.3 Å². The number of aliphatic carboxylic acids is 1. The van der Waals surface area contributed by atoms with Crippen LogP contribution in [0.15, 0.2) is 18.2 Å². The van der Waals surface area contributed by atoms with Crippen molar-refractivity contribution < 1.29 is 32.6 Å². The molecule has 0 amide bonds. The van der Waals surface area contributed by atoms with Crippen molar-refractivity contribution in [3.8, 4) is 5.75 Å². The lowest BCUT2D eigenvalue weighted by atomic mass is 10.0. The quantitative estimate of drug-likeness (QED) is 0.127. The molecule has 0 aliphatic rings. The van der Waals surface area contributed by atoms with Crippen molar-refractivity contribution in [2.45, 2.75) is 128 Å². The number of aryl methyl sites for hydroxylation is 1. The number of hydrogen-bond acceptors (Lipinski definition) is 3. The van der Waals surface area contributed by atoms with Crippen LogP contribution in [0.3, 0.4) is 0 Å². The molecule has 0 aliphatic heterocycles. The third kappa shape index (κ3) is 18.0. The summed E-state index contributed by atoms with van der Waals surface area (Å²) < 4.78 is 41.0. The first-order valence-corrected chi connectivity index (χ1v) is 13.4. The van der Waals surface area contributed by atoms with Gasteiger partial charge >= 0.3 is 12.3 Å². The normalized spacial score (nSPS) is 11.5. The van der Waals surface area contributed by atoms with E-state index in [1.807, 2.05) is 0 Å². The molecule has 1 rings (SSSR count). The number of ether oxygens (including phenoxy) is 1. The van der Waals surface area contributed by atoms with E-state index in [1.165, 1.54) is 82.8 Å². The molecule has 0 unspecified atom stereocenters. The molecule has 0 radical (unpaired) electrons. The second kappa shape index (κ2) is 19.2. The number of hydrogen-bond donors (Lipinski definition) is 1. The number of carboxylic acids is 1. The fraction of sp³-hybridized carbons (Fsp3) is 0.714. The van der Waals surface area contributed by atoms with E-state index in [4.69, 9.17) is 5.11 Å². The molecule has 0 saturated carbocycles. The van der Waals surface area contributed by atoms with Gasteiger partial charge in [0.2, 0.25) is 0 Å². The minimum Gasteiger partial charge on any atom is -0.481 e. The first-order chi connectivity index (χ1) is 16.8. The van der Waals surface area contributed by atoms with Gasteiger partial charge in [-0.3, -0.25) is 9.59 Å². The Kier molecular flexibility index (Phi) is 17.0. The highest BCUT2D eigenvalue weighted by Gasteiger charge is 2.32. The summed E-state index contributed by atoms with van der Waals surface area (Å²) in [5.41, 5.74) is 0.794. The largest absolute Gasteiger partial charge is 0.573 e. The summed E-state index contributed by atoms with van der Waals surface area (Å²) in [4.78, 5) is 21.5. The van der Waals surface area contributed by atoms with Crippen LogP contribution in [0.4, 0.5) is 13.2 Å². The van der Waals surface area contributed by atoms with Crippen LogP contribution in [0, 0.1) is 0 Å². The van der Waals surface area contributed by atoms with Gasteiger partial charge in [0, 0.05) is 6.42 Å². The van der Waals surface area contributed by atoms with Gasteiger partial charge in [-0.25, -0.2) is 0 Å². The molecule has 0 bridgehead atoms. The van der Waals surface area contributed by atoms with Gasteiger partial charge in [0.25, 0.3) is 0 Å². The van der Waals surface area contributed by atoms with Gasteiger partial charge < -0.3 is 9.84 Å². The summed E-state index contributed by atoms with van der Waals surface area (Å²) in [6, 6.07) is 4.30. The topological polar surface area (TPSA) is 63.6 Å². The van der Waals surface area contributed by atoms with E-state index in [9.17, 15) is 22.8 Å². The van der Waals surface area contributed by atoms with Crippen molar-refractivity contribution in [2.75, 3.05) is 0 Å². The molecule has 0 heterocycles. The minimum atomic E-state index is -4.80. The van der Waals surface area contributed by atoms with Crippen LogP contribution in [0.2, 0.25) is 0 Å². The molecular weight excluding hydrogens is 457 g/mol. The van der Waals surface area contributed by atoms with Crippen LogP contribution in [0.25, 0.3) is 0 Å². The van der Waals surface area contributed by atoms with E-state index in [0.29, 0.717) is 12.7 Å². The SMILES string of the molecule is O=Cc1cc(CCCCCCCCCCCCCCCCCCCC(=O)O)ccc1OC(F)(F)F. The number of alkyl halides is 3. The zero-order valence-electron chi connectivity index (χ0n) is 21.1. The molecule has 7 heteroatoms. The highest BCUT2D eigenvalue weighted by molar-refractivity contribution is 5.79. The van der Waals surface area contributed by atoms with Crippen LogP contribution >= 0.6 is 0 Å². The van der Waals surface area contributed by atoms with Crippen molar-refractivity contribution in [1.29, 1.82) is 0 Å². The predicted octanol–water partition coefficient (Wildman–Crippen LogP) is 9.05. The average molecular weight is 501 g/mol. The van der Waals surface area contributed by atoms with Crippen LogP contribution < -0.4 is 4.74 Å². The van der Waals surface area contributed by atoms with Gasteiger partial charge in [-0.1, -0.05) is 102 Å². The number of carboxylic acid groups (broad SMARTS) is 1. The van der Waals surface area contributed by atoms with Crippen LogP contribution in [0.1, 0.15) is 131 Å². The Morgan fingerprint density at radius 1 is 0.743 bits per heavy atom. The maximum atomic E-state index is 12.4.